The normalized spacial score (nSPS) is 23.0. The van der Waals surface area contributed by atoms with Crippen LogP contribution in [0.2, 0.25) is 0 Å². The van der Waals surface area contributed by atoms with Crippen molar-refractivity contribution in [2.75, 3.05) is 19.7 Å². The van der Waals surface area contributed by atoms with Crippen LogP contribution in [0.1, 0.15) is 32.3 Å². The molecule has 1 fully saturated rings. The number of carbonyl (C=O) groups excluding carboxylic acids is 1. The van der Waals surface area contributed by atoms with Gasteiger partial charge in [-0.1, -0.05) is 13.0 Å². The number of aliphatic hydroxyl groups is 1. The summed E-state index contributed by atoms with van der Waals surface area (Å²) >= 11 is 0. The second kappa shape index (κ2) is 8.53. The second-order valence-electron chi connectivity index (χ2n) is 6.71. The maximum Gasteiger partial charge on any atom is 0.234 e. The van der Waals surface area contributed by atoms with Crippen LogP contribution in [0, 0.1) is 17.6 Å². The van der Waals surface area contributed by atoms with Gasteiger partial charge >= 0.3 is 0 Å². The zero-order valence-electron chi connectivity index (χ0n) is 14.3. The van der Waals surface area contributed by atoms with E-state index in [2.05, 4.69) is 12.2 Å². The summed E-state index contributed by atoms with van der Waals surface area (Å²) < 4.78 is 27.3. The van der Waals surface area contributed by atoms with Crippen LogP contribution in [0.15, 0.2) is 18.2 Å². The van der Waals surface area contributed by atoms with Crippen LogP contribution in [0.4, 0.5) is 8.78 Å². The summed E-state index contributed by atoms with van der Waals surface area (Å²) in [5, 5.41) is 12.3. The first-order valence-electron chi connectivity index (χ1n) is 8.49. The molecule has 1 heterocycles. The Morgan fingerprint density at radius 3 is 2.71 bits per heavy atom. The van der Waals surface area contributed by atoms with E-state index < -0.39 is 11.6 Å². The van der Waals surface area contributed by atoms with Gasteiger partial charge in [0.05, 0.1) is 13.2 Å². The van der Waals surface area contributed by atoms with Crippen LogP contribution in [0.5, 0.6) is 0 Å². The van der Waals surface area contributed by atoms with Crippen molar-refractivity contribution in [3.05, 3.63) is 35.4 Å². The van der Waals surface area contributed by atoms with Crippen molar-refractivity contribution < 1.29 is 18.7 Å². The van der Waals surface area contributed by atoms with Gasteiger partial charge in [-0.05, 0) is 50.8 Å². The summed E-state index contributed by atoms with van der Waals surface area (Å²) in [4.78, 5) is 14.2. The summed E-state index contributed by atoms with van der Waals surface area (Å²) in [6.07, 6.45) is 2.15. The zero-order chi connectivity index (χ0) is 17.7. The predicted molar refractivity (Wildman–Crippen MR) is 88.5 cm³/mol. The molecular formula is C18H26F2N2O2. The van der Waals surface area contributed by atoms with Crippen LogP contribution in [0.3, 0.4) is 0 Å². The highest BCUT2D eigenvalue weighted by molar-refractivity contribution is 5.78. The molecule has 0 aliphatic carbocycles. The lowest BCUT2D eigenvalue weighted by molar-refractivity contribution is -0.124. The lowest BCUT2D eigenvalue weighted by atomic mass is 9.91. The van der Waals surface area contributed by atoms with Crippen LogP contribution in [-0.2, 0) is 11.2 Å². The van der Waals surface area contributed by atoms with Crippen molar-refractivity contribution in [1.82, 2.24) is 10.2 Å². The molecule has 1 aliphatic rings. The molecule has 1 aliphatic heterocycles. The third-order valence-corrected chi connectivity index (χ3v) is 4.74. The number of piperidine rings is 1. The fourth-order valence-corrected chi connectivity index (χ4v) is 3.42. The summed E-state index contributed by atoms with van der Waals surface area (Å²) in [5.41, 5.74) is -0.00914. The van der Waals surface area contributed by atoms with Crippen LogP contribution in [-0.4, -0.2) is 47.7 Å². The maximum atomic E-state index is 13.7. The Hall–Kier alpha value is -1.53. The number of likely N-dealkylation sites (tertiary alicyclic amines) is 1. The van der Waals surface area contributed by atoms with E-state index in [1.165, 1.54) is 18.2 Å². The molecule has 6 heteroatoms. The largest absolute Gasteiger partial charge is 0.395 e. The van der Waals surface area contributed by atoms with Crippen molar-refractivity contribution in [3.8, 4) is 0 Å². The minimum absolute atomic E-state index is 0.00914. The third-order valence-electron chi connectivity index (χ3n) is 4.74. The van der Waals surface area contributed by atoms with Gasteiger partial charge in [-0.15, -0.1) is 0 Å². The predicted octanol–water partition coefficient (Wildman–Crippen LogP) is 2.10. The van der Waals surface area contributed by atoms with Gasteiger partial charge in [0.1, 0.15) is 11.6 Å². The molecule has 1 aromatic carbocycles. The van der Waals surface area contributed by atoms with Gasteiger partial charge in [0, 0.05) is 17.6 Å². The molecule has 0 aromatic heterocycles. The van der Waals surface area contributed by atoms with Gasteiger partial charge < -0.3 is 10.4 Å². The number of benzene rings is 1. The number of rotatable bonds is 6. The van der Waals surface area contributed by atoms with Crippen LogP contribution >= 0.6 is 0 Å². The highest BCUT2D eigenvalue weighted by Gasteiger charge is 2.29. The molecular weight excluding hydrogens is 314 g/mol. The number of carbonyl (C=O) groups is 1. The number of nitrogens with zero attached hydrogens (tertiary/aromatic N) is 1. The average Bonchev–Trinajstić information content (AvgIpc) is 2.51. The second-order valence-corrected chi connectivity index (χ2v) is 6.71. The molecule has 0 spiro atoms. The third kappa shape index (κ3) is 4.74. The molecule has 2 N–H and O–H groups in total. The number of aliphatic hydroxyl groups excluding tert-OH is 1. The van der Waals surface area contributed by atoms with Gasteiger partial charge in [-0.3, -0.25) is 9.69 Å². The van der Waals surface area contributed by atoms with Crippen LogP contribution in [0.25, 0.3) is 0 Å². The number of hydrogen-bond donors (Lipinski definition) is 2. The monoisotopic (exact) mass is 340 g/mol. The van der Waals surface area contributed by atoms with Gasteiger partial charge in [-0.25, -0.2) is 8.78 Å². The summed E-state index contributed by atoms with van der Waals surface area (Å²) in [7, 11) is 0. The molecule has 3 atom stereocenters. The minimum Gasteiger partial charge on any atom is -0.395 e. The smallest absolute Gasteiger partial charge is 0.234 e. The molecule has 24 heavy (non-hydrogen) atoms. The Labute approximate surface area is 141 Å². The van der Waals surface area contributed by atoms with Crippen molar-refractivity contribution in [1.29, 1.82) is 0 Å². The molecule has 134 valence electrons. The SMILES string of the molecule is CC(Cc1c(F)cccc1F)NC(=O)CN1CCCC(C)C1CO. The summed E-state index contributed by atoms with van der Waals surface area (Å²) in [5.74, 6) is -1.03. The molecule has 2 rings (SSSR count). The Balaban J connectivity index is 1.89. The van der Waals surface area contributed by atoms with Gasteiger partial charge in [0.25, 0.3) is 0 Å². The lowest BCUT2D eigenvalue weighted by Gasteiger charge is -2.38. The van der Waals surface area contributed by atoms with E-state index in [9.17, 15) is 18.7 Å². The number of hydrogen-bond acceptors (Lipinski definition) is 3. The first kappa shape index (κ1) is 18.8. The van der Waals surface area contributed by atoms with Gasteiger partial charge in [0.15, 0.2) is 0 Å². The molecule has 0 radical (unpaired) electrons. The first-order valence-corrected chi connectivity index (χ1v) is 8.49. The molecule has 0 bridgehead atoms. The van der Waals surface area contributed by atoms with Crippen molar-refractivity contribution in [2.45, 2.75) is 45.2 Å². The molecule has 4 nitrogen and oxygen atoms in total. The summed E-state index contributed by atoms with van der Waals surface area (Å²) in [6.45, 7) is 4.81. The Kier molecular flexibility index (Phi) is 6.69. The fourth-order valence-electron chi connectivity index (χ4n) is 3.42. The quantitative estimate of drug-likeness (QED) is 0.834. The molecule has 1 saturated heterocycles. The molecule has 1 amide bonds. The first-order chi connectivity index (χ1) is 11.4. The standard InChI is InChI=1S/C18H26F2N2O2/c1-12-5-4-8-22(17(12)11-23)10-18(24)21-13(2)9-14-15(19)6-3-7-16(14)20/h3,6-7,12-13,17,23H,4-5,8-11H2,1-2H3,(H,21,24). The van der Waals surface area contributed by atoms with Crippen LogP contribution < -0.4 is 5.32 Å². The van der Waals surface area contributed by atoms with Gasteiger partial charge in [0.2, 0.25) is 5.91 Å². The van der Waals surface area contributed by atoms with E-state index in [0.29, 0.717) is 5.92 Å². The van der Waals surface area contributed by atoms with Crippen molar-refractivity contribution in [3.63, 3.8) is 0 Å². The number of amides is 1. The highest BCUT2D eigenvalue weighted by atomic mass is 19.1. The molecule has 3 unspecified atom stereocenters. The Morgan fingerprint density at radius 2 is 2.08 bits per heavy atom. The topological polar surface area (TPSA) is 52.6 Å². The molecule has 1 aromatic rings. The fraction of sp³-hybridized carbons (Fsp3) is 0.611. The number of halogens is 2. The van der Waals surface area contributed by atoms with E-state index in [-0.39, 0.29) is 43.1 Å². The zero-order valence-corrected chi connectivity index (χ0v) is 14.3. The van der Waals surface area contributed by atoms with Crippen molar-refractivity contribution >= 4 is 5.91 Å². The van der Waals surface area contributed by atoms with Gasteiger partial charge in [-0.2, -0.15) is 0 Å². The number of nitrogens with one attached hydrogen (secondary N) is 1. The average molecular weight is 340 g/mol. The Morgan fingerprint density at radius 1 is 1.42 bits per heavy atom. The van der Waals surface area contributed by atoms with E-state index in [1.54, 1.807) is 6.92 Å². The minimum atomic E-state index is -0.596. The van der Waals surface area contributed by atoms with E-state index in [4.69, 9.17) is 0 Å². The summed E-state index contributed by atoms with van der Waals surface area (Å²) in [6, 6.07) is 3.37. The highest BCUT2D eigenvalue weighted by Crippen LogP contribution is 2.22. The van der Waals surface area contributed by atoms with Crippen molar-refractivity contribution in [2.24, 2.45) is 5.92 Å². The van der Waals surface area contributed by atoms with E-state index >= 15 is 0 Å². The maximum absolute atomic E-state index is 13.7. The van der Waals surface area contributed by atoms with E-state index in [0.717, 1.165) is 19.4 Å². The molecule has 0 saturated carbocycles. The Bertz CT molecular complexity index is 548. The van der Waals surface area contributed by atoms with E-state index in [1.807, 2.05) is 4.90 Å². The lowest BCUT2D eigenvalue weighted by Crippen LogP contribution is -2.51.